The number of carbonyl (C=O) groups excluding carboxylic acids is 3. The first kappa shape index (κ1) is 21.0. The van der Waals surface area contributed by atoms with Gasteiger partial charge < -0.3 is 16.0 Å². The number of halogens is 1. The van der Waals surface area contributed by atoms with E-state index < -0.39 is 6.04 Å². The molecule has 7 heteroatoms. The molecule has 0 saturated heterocycles. The highest BCUT2D eigenvalue weighted by Crippen LogP contribution is 2.19. The predicted molar refractivity (Wildman–Crippen MR) is 109 cm³/mol. The Hall–Kier alpha value is -3.30. The van der Waals surface area contributed by atoms with Crippen molar-refractivity contribution in [1.29, 1.82) is 0 Å². The highest BCUT2D eigenvalue weighted by Gasteiger charge is 2.17. The van der Waals surface area contributed by atoms with E-state index in [1.807, 2.05) is 0 Å². The molecule has 0 unspecified atom stereocenters. The number of terminal acetylenes is 1. The quantitative estimate of drug-likeness (QED) is 0.628. The van der Waals surface area contributed by atoms with Gasteiger partial charge >= 0.3 is 0 Å². The molecular weight excluding hydrogens is 378 g/mol. The Balaban J connectivity index is 1.91. The summed E-state index contributed by atoms with van der Waals surface area (Å²) < 4.78 is 0. The lowest BCUT2D eigenvalue weighted by atomic mass is 10.0. The van der Waals surface area contributed by atoms with Crippen LogP contribution in [0.15, 0.2) is 48.5 Å². The minimum atomic E-state index is -0.523. The Kier molecular flexibility index (Phi) is 7.61. The predicted octanol–water partition coefficient (Wildman–Crippen LogP) is 2.64. The molecule has 2 rings (SSSR count). The van der Waals surface area contributed by atoms with Gasteiger partial charge in [0, 0.05) is 23.2 Å². The van der Waals surface area contributed by atoms with Crippen LogP contribution in [0.2, 0.25) is 5.02 Å². The maximum Gasteiger partial charge on any atom is 0.243 e. The summed E-state index contributed by atoms with van der Waals surface area (Å²) in [5, 5.41) is 8.49. The van der Waals surface area contributed by atoms with E-state index in [1.54, 1.807) is 48.5 Å². The molecule has 6 nitrogen and oxygen atoms in total. The first-order chi connectivity index (χ1) is 13.4. The molecule has 0 fully saturated rings. The van der Waals surface area contributed by atoms with Crippen LogP contribution >= 0.6 is 11.6 Å². The van der Waals surface area contributed by atoms with E-state index in [4.69, 9.17) is 18.0 Å². The van der Waals surface area contributed by atoms with E-state index in [2.05, 4.69) is 21.9 Å². The number of hydrogen-bond acceptors (Lipinski definition) is 3. The standard InChI is InChI=1S/C21H20ClN3O3/c1-3-15-5-4-6-18(11-15)25-21(28)13-23-20(27)12-19(24-14(2)26)16-7-9-17(22)10-8-16/h1,4-11,19H,12-13H2,2H3,(H,23,27)(H,24,26)(H,25,28)/t19-/m1/s1. The molecule has 0 aliphatic rings. The molecule has 1 atom stereocenters. The highest BCUT2D eigenvalue weighted by atomic mass is 35.5. The lowest BCUT2D eigenvalue weighted by Crippen LogP contribution is -2.36. The molecule has 3 N–H and O–H groups in total. The molecule has 2 aromatic carbocycles. The SMILES string of the molecule is C#Cc1cccc(NC(=O)CNC(=O)C[C@@H](NC(C)=O)c2ccc(Cl)cc2)c1. The third kappa shape index (κ3) is 6.78. The topological polar surface area (TPSA) is 87.3 Å². The highest BCUT2D eigenvalue weighted by molar-refractivity contribution is 6.30. The van der Waals surface area contributed by atoms with Crippen LogP contribution in [0.3, 0.4) is 0 Å². The monoisotopic (exact) mass is 397 g/mol. The molecular formula is C21H20ClN3O3. The first-order valence-corrected chi connectivity index (χ1v) is 8.91. The molecule has 0 aliphatic heterocycles. The number of amides is 3. The van der Waals surface area contributed by atoms with E-state index in [9.17, 15) is 14.4 Å². The van der Waals surface area contributed by atoms with E-state index in [0.29, 0.717) is 16.3 Å². The summed E-state index contributed by atoms with van der Waals surface area (Å²) in [6.45, 7) is 1.17. The van der Waals surface area contributed by atoms with E-state index in [1.165, 1.54) is 6.92 Å². The summed E-state index contributed by atoms with van der Waals surface area (Å²) in [7, 11) is 0. The second-order valence-electron chi connectivity index (χ2n) is 6.06. The van der Waals surface area contributed by atoms with Crippen molar-refractivity contribution in [2.45, 2.75) is 19.4 Å². The molecule has 0 heterocycles. The second kappa shape index (κ2) is 10.1. The van der Waals surface area contributed by atoms with Crippen molar-refractivity contribution in [2.24, 2.45) is 0 Å². The smallest absolute Gasteiger partial charge is 0.243 e. The Morgan fingerprint density at radius 2 is 1.82 bits per heavy atom. The molecule has 0 aliphatic carbocycles. The molecule has 0 spiro atoms. The third-order valence-corrected chi connectivity index (χ3v) is 4.05. The van der Waals surface area contributed by atoms with E-state index in [-0.39, 0.29) is 30.7 Å². The zero-order chi connectivity index (χ0) is 20.5. The Morgan fingerprint density at radius 3 is 2.46 bits per heavy atom. The Bertz CT molecular complexity index is 904. The van der Waals surface area contributed by atoms with E-state index in [0.717, 1.165) is 5.56 Å². The van der Waals surface area contributed by atoms with Crippen LogP contribution in [0.5, 0.6) is 0 Å². The number of hydrogen-bond donors (Lipinski definition) is 3. The van der Waals surface area contributed by atoms with Gasteiger partial charge in [-0.2, -0.15) is 0 Å². The number of anilines is 1. The van der Waals surface area contributed by atoms with Crippen LogP contribution in [0.1, 0.15) is 30.5 Å². The molecule has 3 amide bonds. The Labute approximate surface area is 168 Å². The molecule has 0 saturated carbocycles. The van der Waals surface area contributed by atoms with Crippen molar-refractivity contribution >= 4 is 35.0 Å². The van der Waals surface area contributed by atoms with Gasteiger partial charge in [-0.05, 0) is 35.9 Å². The van der Waals surface area contributed by atoms with Crippen molar-refractivity contribution < 1.29 is 14.4 Å². The van der Waals surface area contributed by atoms with Crippen LogP contribution in [-0.4, -0.2) is 24.3 Å². The number of nitrogens with one attached hydrogen (secondary N) is 3. The normalized spacial score (nSPS) is 11.0. The van der Waals surface area contributed by atoms with E-state index >= 15 is 0 Å². The van der Waals surface area contributed by atoms with Gasteiger partial charge in [-0.3, -0.25) is 14.4 Å². The summed E-state index contributed by atoms with van der Waals surface area (Å²) in [6.07, 6.45) is 5.32. The zero-order valence-corrected chi connectivity index (χ0v) is 16.0. The van der Waals surface area contributed by atoms with Crippen LogP contribution in [0.4, 0.5) is 5.69 Å². The number of carbonyl (C=O) groups is 3. The summed E-state index contributed by atoms with van der Waals surface area (Å²) in [4.78, 5) is 35.7. The molecule has 2 aromatic rings. The first-order valence-electron chi connectivity index (χ1n) is 8.53. The second-order valence-corrected chi connectivity index (χ2v) is 6.50. The molecule has 0 aromatic heterocycles. The van der Waals surface area contributed by atoms with Gasteiger partial charge in [-0.1, -0.05) is 35.7 Å². The van der Waals surface area contributed by atoms with Gasteiger partial charge in [0.15, 0.2) is 0 Å². The van der Waals surface area contributed by atoms with Gasteiger partial charge in [0.05, 0.1) is 19.0 Å². The number of benzene rings is 2. The van der Waals surface area contributed by atoms with Crippen LogP contribution in [0.25, 0.3) is 0 Å². The largest absolute Gasteiger partial charge is 0.349 e. The summed E-state index contributed by atoms with van der Waals surface area (Å²) in [5.74, 6) is 1.46. The van der Waals surface area contributed by atoms with Gasteiger partial charge in [-0.25, -0.2) is 0 Å². The number of rotatable bonds is 7. The average Bonchev–Trinajstić information content (AvgIpc) is 2.66. The summed E-state index contributed by atoms with van der Waals surface area (Å²) in [5.41, 5.74) is 1.93. The minimum absolute atomic E-state index is 0.0128. The summed E-state index contributed by atoms with van der Waals surface area (Å²) >= 11 is 5.88. The molecule has 144 valence electrons. The zero-order valence-electron chi connectivity index (χ0n) is 15.3. The van der Waals surface area contributed by atoms with Crippen LogP contribution < -0.4 is 16.0 Å². The van der Waals surface area contributed by atoms with Crippen LogP contribution in [-0.2, 0) is 14.4 Å². The lowest BCUT2D eigenvalue weighted by molar-refractivity contribution is -0.125. The Morgan fingerprint density at radius 1 is 1.11 bits per heavy atom. The third-order valence-electron chi connectivity index (χ3n) is 3.80. The fourth-order valence-electron chi connectivity index (χ4n) is 2.52. The van der Waals surface area contributed by atoms with Crippen molar-refractivity contribution in [2.75, 3.05) is 11.9 Å². The summed E-state index contributed by atoms with van der Waals surface area (Å²) in [6, 6.07) is 13.2. The van der Waals surface area contributed by atoms with Crippen molar-refractivity contribution in [3.05, 3.63) is 64.7 Å². The van der Waals surface area contributed by atoms with Crippen LogP contribution in [0, 0.1) is 12.3 Å². The fourth-order valence-corrected chi connectivity index (χ4v) is 2.65. The molecule has 0 radical (unpaired) electrons. The van der Waals surface area contributed by atoms with Gasteiger partial charge in [0.25, 0.3) is 0 Å². The average molecular weight is 398 g/mol. The van der Waals surface area contributed by atoms with Gasteiger partial charge in [0.1, 0.15) is 0 Å². The maximum absolute atomic E-state index is 12.2. The molecule has 0 bridgehead atoms. The molecule has 28 heavy (non-hydrogen) atoms. The van der Waals surface area contributed by atoms with Crippen molar-refractivity contribution in [1.82, 2.24) is 10.6 Å². The maximum atomic E-state index is 12.2. The lowest BCUT2D eigenvalue weighted by Gasteiger charge is -2.18. The van der Waals surface area contributed by atoms with Gasteiger partial charge in [-0.15, -0.1) is 6.42 Å². The van der Waals surface area contributed by atoms with Crippen molar-refractivity contribution in [3.8, 4) is 12.3 Å². The van der Waals surface area contributed by atoms with Crippen molar-refractivity contribution in [3.63, 3.8) is 0 Å². The fraction of sp³-hybridized carbons (Fsp3) is 0.190. The van der Waals surface area contributed by atoms with Gasteiger partial charge in [0.2, 0.25) is 17.7 Å². The minimum Gasteiger partial charge on any atom is -0.349 e.